The van der Waals surface area contributed by atoms with E-state index in [1.54, 1.807) is 0 Å². The van der Waals surface area contributed by atoms with E-state index in [0.29, 0.717) is 5.56 Å². The number of carbonyl (C=O) groups excluding carboxylic acids is 1. The number of hydrogen-bond acceptors (Lipinski definition) is 4. The number of nitrogens with two attached hydrogens (primary N) is 1. The lowest BCUT2D eigenvalue weighted by atomic mass is 9.85. The van der Waals surface area contributed by atoms with Gasteiger partial charge in [0.15, 0.2) is 5.15 Å². The van der Waals surface area contributed by atoms with E-state index in [0.717, 1.165) is 17.4 Å². The van der Waals surface area contributed by atoms with E-state index < -0.39 is 23.3 Å². The van der Waals surface area contributed by atoms with Crippen molar-refractivity contribution < 1.29 is 18.0 Å². The highest BCUT2D eigenvalue weighted by atomic mass is 35.5. The number of rotatable bonds is 2. The molecular weight excluding hydrogens is 423 g/mol. The standard InChI is InChI=1S/C19H15ClF3N5O2/c20-15-14(24)16(29)28(9-25-15)8-11-3-4-12-13(7-11)26-17(30)27-18(12,19(21,22)23)6-5-10-1-2-10/h3-4,7,9-10H,1-2,8,24H2,(H2,26,27,30)/t18-/m0/s1. The molecule has 1 fully saturated rings. The summed E-state index contributed by atoms with van der Waals surface area (Å²) in [5.41, 5.74) is 2.14. The second kappa shape index (κ2) is 6.95. The van der Waals surface area contributed by atoms with Gasteiger partial charge in [0.25, 0.3) is 5.56 Å². The van der Waals surface area contributed by atoms with Gasteiger partial charge in [-0.1, -0.05) is 35.6 Å². The lowest BCUT2D eigenvalue weighted by molar-refractivity contribution is -0.178. The van der Waals surface area contributed by atoms with Gasteiger partial charge in [-0.05, 0) is 24.5 Å². The minimum Gasteiger partial charge on any atom is -0.392 e. The third-order valence-electron chi connectivity index (χ3n) is 4.88. The molecule has 1 atom stereocenters. The van der Waals surface area contributed by atoms with Crippen molar-refractivity contribution in [2.24, 2.45) is 5.92 Å². The van der Waals surface area contributed by atoms with Crippen LogP contribution in [-0.2, 0) is 12.1 Å². The normalized spacial score (nSPS) is 20.5. The van der Waals surface area contributed by atoms with Crippen molar-refractivity contribution in [1.29, 1.82) is 0 Å². The highest BCUT2D eigenvalue weighted by Gasteiger charge is 2.59. The minimum absolute atomic E-state index is 0.0312. The Bertz CT molecular complexity index is 1160. The Hall–Kier alpha value is -3.19. The number of alkyl halides is 3. The maximum Gasteiger partial charge on any atom is 0.427 e. The molecule has 11 heteroatoms. The van der Waals surface area contributed by atoms with Gasteiger partial charge in [0.2, 0.25) is 5.54 Å². The number of carbonyl (C=O) groups is 1. The highest BCUT2D eigenvalue weighted by Crippen LogP contribution is 2.44. The van der Waals surface area contributed by atoms with Crippen molar-refractivity contribution in [3.63, 3.8) is 0 Å². The van der Waals surface area contributed by atoms with E-state index in [-0.39, 0.29) is 34.6 Å². The van der Waals surface area contributed by atoms with E-state index in [9.17, 15) is 22.8 Å². The van der Waals surface area contributed by atoms with Crippen LogP contribution in [0.1, 0.15) is 24.0 Å². The van der Waals surface area contributed by atoms with Gasteiger partial charge in [0.05, 0.1) is 12.9 Å². The first kappa shape index (κ1) is 20.1. The van der Waals surface area contributed by atoms with Crippen LogP contribution in [-0.4, -0.2) is 21.8 Å². The van der Waals surface area contributed by atoms with E-state index >= 15 is 0 Å². The number of nitrogens with one attached hydrogen (secondary N) is 2. The number of benzene rings is 1. The predicted octanol–water partition coefficient (Wildman–Crippen LogP) is 2.83. The quantitative estimate of drug-likeness (QED) is 0.496. The van der Waals surface area contributed by atoms with Crippen LogP contribution in [0.25, 0.3) is 0 Å². The van der Waals surface area contributed by atoms with Crippen LogP contribution in [0.3, 0.4) is 0 Å². The molecule has 2 heterocycles. The van der Waals surface area contributed by atoms with Gasteiger partial charge in [-0.15, -0.1) is 0 Å². The number of fused-ring (bicyclic) bond motifs is 1. The number of urea groups is 1. The Kier molecular flexibility index (Phi) is 4.66. The van der Waals surface area contributed by atoms with Crippen LogP contribution >= 0.6 is 11.6 Å². The minimum atomic E-state index is -4.84. The second-order valence-electron chi connectivity index (χ2n) is 7.13. The number of aromatic nitrogens is 2. The molecule has 0 spiro atoms. The maximum atomic E-state index is 14.1. The average Bonchev–Trinajstić information content (AvgIpc) is 3.50. The van der Waals surface area contributed by atoms with E-state index in [4.69, 9.17) is 17.3 Å². The maximum absolute atomic E-state index is 14.1. The summed E-state index contributed by atoms with van der Waals surface area (Å²) in [5, 5.41) is 4.21. The van der Waals surface area contributed by atoms with Crippen molar-refractivity contribution in [2.75, 3.05) is 11.1 Å². The molecule has 1 saturated carbocycles. The van der Waals surface area contributed by atoms with Crippen molar-refractivity contribution >= 4 is 29.0 Å². The molecule has 0 radical (unpaired) electrons. The Morgan fingerprint density at radius 1 is 1.33 bits per heavy atom. The highest BCUT2D eigenvalue weighted by molar-refractivity contribution is 6.31. The van der Waals surface area contributed by atoms with Crippen molar-refractivity contribution in [3.8, 4) is 11.8 Å². The third-order valence-corrected chi connectivity index (χ3v) is 5.18. The largest absolute Gasteiger partial charge is 0.427 e. The molecule has 156 valence electrons. The summed E-state index contributed by atoms with van der Waals surface area (Å²) < 4.78 is 43.4. The Labute approximate surface area is 173 Å². The van der Waals surface area contributed by atoms with Crippen LogP contribution in [0.2, 0.25) is 5.15 Å². The fourth-order valence-corrected chi connectivity index (χ4v) is 3.26. The summed E-state index contributed by atoms with van der Waals surface area (Å²) in [7, 11) is 0. The Balaban J connectivity index is 1.77. The first-order valence-corrected chi connectivity index (χ1v) is 9.31. The molecule has 4 rings (SSSR count). The van der Waals surface area contributed by atoms with Gasteiger partial charge in [-0.25, -0.2) is 9.78 Å². The summed E-state index contributed by atoms with van der Waals surface area (Å²) in [4.78, 5) is 28.1. The van der Waals surface area contributed by atoms with Crippen LogP contribution in [0.15, 0.2) is 29.3 Å². The van der Waals surface area contributed by atoms with Crippen LogP contribution in [0, 0.1) is 17.8 Å². The summed E-state index contributed by atoms with van der Waals surface area (Å²) in [6.07, 6.45) is -2.17. The molecule has 2 aromatic rings. The van der Waals surface area contributed by atoms with Crippen molar-refractivity contribution in [3.05, 3.63) is 51.2 Å². The Morgan fingerprint density at radius 2 is 2.07 bits per heavy atom. The van der Waals surface area contributed by atoms with Gasteiger partial charge in [-0.2, -0.15) is 13.2 Å². The predicted molar refractivity (Wildman–Crippen MR) is 104 cm³/mol. The zero-order valence-corrected chi connectivity index (χ0v) is 16.1. The fourth-order valence-electron chi connectivity index (χ4n) is 3.14. The lowest BCUT2D eigenvalue weighted by Gasteiger charge is -2.37. The fraction of sp³-hybridized carbons (Fsp3) is 0.316. The van der Waals surface area contributed by atoms with Crippen molar-refractivity contribution in [1.82, 2.24) is 14.9 Å². The van der Waals surface area contributed by atoms with E-state index in [1.165, 1.54) is 24.5 Å². The number of anilines is 2. The molecule has 2 amide bonds. The first-order chi connectivity index (χ1) is 14.1. The average molecular weight is 438 g/mol. The van der Waals surface area contributed by atoms with Gasteiger partial charge < -0.3 is 16.4 Å². The van der Waals surface area contributed by atoms with Crippen molar-refractivity contribution in [2.45, 2.75) is 31.1 Å². The van der Waals surface area contributed by atoms with Crippen LogP contribution in [0.4, 0.5) is 29.3 Å². The first-order valence-electron chi connectivity index (χ1n) is 8.93. The summed E-state index contributed by atoms with van der Waals surface area (Å²) >= 11 is 5.71. The molecular formula is C19H15ClF3N5O2. The van der Waals surface area contributed by atoms with Gasteiger partial charge in [0.1, 0.15) is 5.69 Å². The van der Waals surface area contributed by atoms with Gasteiger partial charge >= 0.3 is 12.2 Å². The molecule has 0 saturated heterocycles. The van der Waals surface area contributed by atoms with Crippen LogP contribution in [0.5, 0.6) is 0 Å². The summed E-state index contributed by atoms with van der Waals surface area (Å²) in [6.45, 7) is -0.0312. The molecule has 30 heavy (non-hydrogen) atoms. The smallest absolute Gasteiger partial charge is 0.392 e. The molecule has 2 aliphatic rings. The van der Waals surface area contributed by atoms with Gasteiger partial charge in [0, 0.05) is 17.2 Å². The lowest BCUT2D eigenvalue weighted by Crippen LogP contribution is -2.59. The zero-order valence-electron chi connectivity index (χ0n) is 15.3. The van der Waals surface area contributed by atoms with Crippen LogP contribution < -0.4 is 21.9 Å². The molecule has 1 aromatic heterocycles. The molecule has 0 bridgehead atoms. The monoisotopic (exact) mass is 437 g/mol. The number of amides is 2. The molecule has 7 nitrogen and oxygen atoms in total. The van der Waals surface area contributed by atoms with E-state index in [1.807, 2.05) is 5.32 Å². The zero-order chi connectivity index (χ0) is 21.7. The third kappa shape index (κ3) is 3.45. The molecule has 1 aliphatic heterocycles. The molecule has 1 aliphatic carbocycles. The molecule has 1 aromatic carbocycles. The SMILES string of the molecule is Nc1c(Cl)ncn(Cc2ccc3c(c2)NC(=O)N[C@]3(C#CC2CC2)C(F)(F)F)c1=O. The van der Waals surface area contributed by atoms with E-state index in [2.05, 4.69) is 22.1 Å². The summed E-state index contributed by atoms with van der Waals surface area (Å²) in [5.74, 6) is 4.80. The number of hydrogen-bond donors (Lipinski definition) is 3. The Morgan fingerprint density at radius 3 is 2.73 bits per heavy atom. The number of nitrogens with zero attached hydrogens (tertiary/aromatic N) is 2. The number of nitrogen functional groups attached to an aromatic ring is 1. The topological polar surface area (TPSA) is 102 Å². The molecule has 0 unspecified atom stereocenters. The summed E-state index contributed by atoms with van der Waals surface area (Å²) in [6, 6.07) is 3.01. The van der Waals surface area contributed by atoms with Gasteiger partial charge in [-0.3, -0.25) is 9.36 Å². The molecule has 4 N–H and O–H groups in total. The number of halogens is 4. The second-order valence-corrected chi connectivity index (χ2v) is 7.49.